The molecule has 66 valence electrons. The lowest BCUT2D eigenvalue weighted by atomic mass is 10.4. The lowest BCUT2D eigenvalue weighted by Gasteiger charge is -1.99. The predicted molar refractivity (Wildman–Crippen MR) is 50.5 cm³/mol. The summed E-state index contributed by atoms with van der Waals surface area (Å²) in [6.07, 6.45) is 3.33. The van der Waals surface area contributed by atoms with Gasteiger partial charge in [0.2, 0.25) is 0 Å². The summed E-state index contributed by atoms with van der Waals surface area (Å²) in [6.45, 7) is 0. The van der Waals surface area contributed by atoms with Gasteiger partial charge in [-0.2, -0.15) is 0 Å². The molecule has 13 heavy (non-hydrogen) atoms. The zero-order valence-electron chi connectivity index (χ0n) is 6.86. The maximum atomic E-state index is 5.41. The standard InChI is InChI=1S/C8H9N5/c9-8-11-5-7(13-8)12-6-3-1-2-4-10-6/h1-5H,(H,10,12)(H3,9,11,13). The Hall–Kier alpha value is -2.04. The molecule has 0 amide bonds. The van der Waals surface area contributed by atoms with Crippen LogP contribution in [0, 0.1) is 0 Å². The van der Waals surface area contributed by atoms with Gasteiger partial charge in [0.15, 0.2) is 5.95 Å². The largest absolute Gasteiger partial charge is 0.369 e. The van der Waals surface area contributed by atoms with Crippen LogP contribution >= 0.6 is 0 Å². The number of anilines is 3. The first-order chi connectivity index (χ1) is 6.34. The van der Waals surface area contributed by atoms with Crippen molar-refractivity contribution >= 4 is 17.6 Å². The lowest BCUT2D eigenvalue weighted by Crippen LogP contribution is -1.93. The van der Waals surface area contributed by atoms with Crippen LogP contribution in [0.4, 0.5) is 17.6 Å². The lowest BCUT2D eigenvalue weighted by molar-refractivity contribution is 1.28. The van der Waals surface area contributed by atoms with Gasteiger partial charge < -0.3 is 16.0 Å². The Labute approximate surface area is 75.0 Å². The maximum Gasteiger partial charge on any atom is 0.199 e. The average Bonchev–Trinajstić information content (AvgIpc) is 2.53. The predicted octanol–water partition coefficient (Wildman–Crippen LogP) is 1.13. The summed E-state index contributed by atoms with van der Waals surface area (Å²) in [5, 5.41) is 3.02. The van der Waals surface area contributed by atoms with Crippen LogP contribution < -0.4 is 11.1 Å². The number of rotatable bonds is 2. The molecule has 0 aromatic carbocycles. The molecular formula is C8H9N5. The van der Waals surface area contributed by atoms with Gasteiger partial charge in [-0.15, -0.1) is 0 Å². The van der Waals surface area contributed by atoms with E-state index in [4.69, 9.17) is 5.73 Å². The second-order valence-corrected chi connectivity index (χ2v) is 2.52. The Kier molecular flexibility index (Phi) is 1.84. The summed E-state index contributed by atoms with van der Waals surface area (Å²) >= 11 is 0. The number of nitrogens with two attached hydrogens (primary N) is 1. The number of hydrogen-bond donors (Lipinski definition) is 3. The normalized spacial score (nSPS) is 9.85. The number of imidazole rings is 1. The second-order valence-electron chi connectivity index (χ2n) is 2.52. The van der Waals surface area contributed by atoms with Gasteiger partial charge in [0.1, 0.15) is 11.6 Å². The molecule has 4 N–H and O–H groups in total. The highest BCUT2D eigenvalue weighted by molar-refractivity contribution is 5.51. The molecular weight excluding hydrogens is 166 g/mol. The summed E-state index contributed by atoms with van der Waals surface area (Å²) in [6, 6.07) is 5.61. The van der Waals surface area contributed by atoms with E-state index in [0.29, 0.717) is 5.95 Å². The highest BCUT2D eigenvalue weighted by atomic mass is 15.1. The van der Waals surface area contributed by atoms with Crippen LogP contribution in [0.5, 0.6) is 0 Å². The molecule has 0 fully saturated rings. The quantitative estimate of drug-likeness (QED) is 0.639. The van der Waals surface area contributed by atoms with Crippen molar-refractivity contribution in [3.05, 3.63) is 30.6 Å². The van der Waals surface area contributed by atoms with Crippen LogP contribution in [0.15, 0.2) is 30.6 Å². The summed E-state index contributed by atoms with van der Waals surface area (Å²) in [5.41, 5.74) is 5.41. The van der Waals surface area contributed by atoms with Gasteiger partial charge in [-0.3, -0.25) is 0 Å². The van der Waals surface area contributed by atoms with E-state index in [9.17, 15) is 0 Å². The van der Waals surface area contributed by atoms with Crippen LogP contribution in [0.1, 0.15) is 0 Å². The molecule has 2 rings (SSSR count). The molecule has 2 aromatic heterocycles. The molecule has 0 saturated carbocycles. The molecule has 5 nitrogen and oxygen atoms in total. The van der Waals surface area contributed by atoms with Gasteiger partial charge in [-0.25, -0.2) is 9.97 Å². The smallest absolute Gasteiger partial charge is 0.199 e. The van der Waals surface area contributed by atoms with Gasteiger partial charge in [-0.05, 0) is 12.1 Å². The molecule has 0 saturated heterocycles. The number of aromatic nitrogens is 3. The van der Waals surface area contributed by atoms with Crippen molar-refractivity contribution in [1.29, 1.82) is 0 Å². The number of nitrogens with zero attached hydrogens (tertiary/aromatic N) is 2. The summed E-state index contributed by atoms with van der Waals surface area (Å²) < 4.78 is 0. The number of aromatic amines is 1. The highest BCUT2D eigenvalue weighted by Gasteiger charge is 1.96. The van der Waals surface area contributed by atoms with Crippen molar-refractivity contribution in [3.63, 3.8) is 0 Å². The van der Waals surface area contributed by atoms with Crippen LogP contribution in [0.3, 0.4) is 0 Å². The van der Waals surface area contributed by atoms with Crippen molar-refractivity contribution in [3.8, 4) is 0 Å². The molecule has 2 aromatic rings. The van der Waals surface area contributed by atoms with Crippen molar-refractivity contribution < 1.29 is 0 Å². The molecule has 0 radical (unpaired) electrons. The summed E-state index contributed by atoms with van der Waals surface area (Å²) in [5.74, 6) is 1.88. The fourth-order valence-corrected chi connectivity index (χ4v) is 0.975. The number of nitrogens with one attached hydrogen (secondary N) is 2. The van der Waals surface area contributed by atoms with E-state index in [1.807, 2.05) is 18.2 Å². The first kappa shape index (κ1) is 7.60. The molecule has 0 aliphatic carbocycles. The van der Waals surface area contributed by atoms with E-state index in [1.54, 1.807) is 12.4 Å². The molecule has 0 atom stereocenters. The van der Waals surface area contributed by atoms with Crippen molar-refractivity contribution in [2.45, 2.75) is 0 Å². The van der Waals surface area contributed by atoms with E-state index in [1.165, 1.54) is 0 Å². The first-order valence-corrected chi connectivity index (χ1v) is 3.83. The van der Waals surface area contributed by atoms with Gasteiger partial charge >= 0.3 is 0 Å². The van der Waals surface area contributed by atoms with E-state index in [2.05, 4.69) is 20.3 Å². The Morgan fingerprint density at radius 3 is 2.85 bits per heavy atom. The monoisotopic (exact) mass is 175 g/mol. The van der Waals surface area contributed by atoms with Crippen molar-refractivity contribution in [2.75, 3.05) is 11.1 Å². The maximum absolute atomic E-state index is 5.41. The molecule has 0 bridgehead atoms. The van der Waals surface area contributed by atoms with Gasteiger partial charge in [0.05, 0.1) is 6.20 Å². The molecule has 0 unspecified atom stereocenters. The van der Waals surface area contributed by atoms with Gasteiger partial charge in [0.25, 0.3) is 0 Å². The number of pyridine rings is 1. The zero-order valence-corrected chi connectivity index (χ0v) is 6.86. The van der Waals surface area contributed by atoms with E-state index in [-0.39, 0.29) is 0 Å². The Morgan fingerprint density at radius 2 is 2.23 bits per heavy atom. The fourth-order valence-electron chi connectivity index (χ4n) is 0.975. The number of H-pyrrole nitrogens is 1. The molecule has 0 aliphatic rings. The third-order valence-corrected chi connectivity index (χ3v) is 1.52. The highest BCUT2D eigenvalue weighted by Crippen LogP contribution is 2.10. The second kappa shape index (κ2) is 3.14. The number of nitrogen functional groups attached to an aromatic ring is 1. The van der Waals surface area contributed by atoms with Crippen molar-refractivity contribution in [1.82, 2.24) is 15.0 Å². The minimum atomic E-state index is 0.387. The van der Waals surface area contributed by atoms with Gasteiger partial charge in [-0.1, -0.05) is 6.07 Å². The Bertz CT molecular complexity index is 380. The van der Waals surface area contributed by atoms with E-state index >= 15 is 0 Å². The molecule has 0 aliphatic heterocycles. The van der Waals surface area contributed by atoms with Crippen LogP contribution in [0.2, 0.25) is 0 Å². The Morgan fingerprint density at radius 1 is 1.31 bits per heavy atom. The third-order valence-electron chi connectivity index (χ3n) is 1.52. The summed E-state index contributed by atoms with van der Waals surface area (Å²) in [7, 11) is 0. The Balaban J connectivity index is 2.15. The van der Waals surface area contributed by atoms with E-state index in [0.717, 1.165) is 11.6 Å². The molecule has 2 heterocycles. The molecule has 0 spiro atoms. The summed E-state index contributed by atoms with van der Waals surface area (Å²) in [4.78, 5) is 10.8. The number of hydrogen-bond acceptors (Lipinski definition) is 4. The van der Waals surface area contributed by atoms with E-state index < -0.39 is 0 Å². The first-order valence-electron chi connectivity index (χ1n) is 3.83. The SMILES string of the molecule is Nc1ncc(Nc2ccccn2)[nH]1. The minimum Gasteiger partial charge on any atom is -0.369 e. The topological polar surface area (TPSA) is 79.6 Å². The molecule has 5 heteroatoms. The third kappa shape index (κ3) is 1.76. The van der Waals surface area contributed by atoms with Crippen LogP contribution in [-0.4, -0.2) is 15.0 Å². The average molecular weight is 175 g/mol. The van der Waals surface area contributed by atoms with Crippen molar-refractivity contribution in [2.24, 2.45) is 0 Å². The zero-order chi connectivity index (χ0) is 9.10. The van der Waals surface area contributed by atoms with Gasteiger partial charge in [0, 0.05) is 6.20 Å². The van der Waals surface area contributed by atoms with Crippen LogP contribution in [0.25, 0.3) is 0 Å². The van der Waals surface area contributed by atoms with Crippen LogP contribution in [-0.2, 0) is 0 Å². The minimum absolute atomic E-state index is 0.387. The fraction of sp³-hybridized carbons (Fsp3) is 0.